The van der Waals surface area contributed by atoms with Crippen molar-refractivity contribution in [2.75, 3.05) is 13.7 Å². The second-order valence-corrected chi connectivity index (χ2v) is 4.00. The lowest BCUT2D eigenvalue weighted by Gasteiger charge is -2.23. The van der Waals surface area contributed by atoms with Gasteiger partial charge in [-0.05, 0) is 31.0 Å². The van der Waals surface area contributed by atoms with Gasteiger partial charge < -0.3 is 14.6 Å². The van der Waals surface area contributed by atoms with Crippen LogP contribution in [-0.4, -0.2) is 24.9 Å². The van der Waals surface area contributed by atoms with Crippen LogP contribution in [0.1, 0.15) is 38.4 Å². The van der Waals surface area contributed by atoms with E-state index in [4.69, 9.17) is 9.47 Å². The van der Waals surface area contributed by atoms with E-state index in [1.807, 2.05) is 31.2 Å². The Kier molecular flexibility index (Phi) is 6.01. The van der Waals surface area contributed by atoms with Crippen LogP contribution in [0.25, 0.3) is 0 Å². The molecule has 3 heteroatoms. The zero-order valence-corrected chi connectivity index (χ0v) is 10.8. The van der Waals surface area contributed by atoms with Crippen molar-refractivity contribution in [3.05, 3.63) is 29.8 Å². The lowest BCUT2D eigenvalue weighted by atomic mass is 10.0. The number of rotatable bonds is 7. The topological polar surface area (TPSA) is 38.7 Å². The summed E-state index contributed by atoms with van der Waals surface area (Å²) in [5, 5.41) is 10.3. The second-order valence-electron chi connectivity index (χ2n) is 4.00. The molecule has 96 valence electrons. The van der Waals surface area contributed by atoms with Gasteiger partial charge in [-0.25, -0.2) is 0 Å². The van der Waals surface area contributed by atoms with Crippen LogP contribution in [0, 0.1) is 0 Å². The molecule has 0 aromatic heterocycles. The normalized spacial score (nSPS) is 14.4. The van der Waals surface area contributed by atoms with Crippen LogP contribution in [0.2, 0.25) is 0 Å². The maximum atomic E-state index is 10.3. The molecule has 17 heavy (non-hydrogen) atoms. The second kappa shape index (κ2) is 7.30. The Bertz CT molecular complexity index is 319. The zero-order chi connectivity index (χ0) is 12.7. The quantitative estimate of drug-likeness (QED) is 0.793. The van der Waals surface area contributed by atoms with Gasteiger partial charge in [0, 0.05) is 6.61 Å². The molecule has 2 unspecified atom stereocenters. The van der Waals surface area contributed by atoms with Crippen molar-refractivity contribution in [3.63, 3.8) is 0 Å². The third-order valence-corrected chi connectivity index (χ3v) is 2.74. The summed E-state index contributed by atoms with van der Waals surface area (Å²) >= 11 is 0. The van der Waals surface area contributed by atoms with Crippen molar-refractivity contribution in [1.29, 1.82) is 0 Å². The maximum Gasteiger partial charge on any atom is 0.119 e. The molecule has 0 amide bonds. The van der Waals surface area contributed by atoms with E-state index in [0.29, 0.717) is 6.61 Å². The van der Waals surface area contributed by atoms with Crippen LogP contribution in [-0.2, 0) is 4.74 Å². The molecule has 0 aliphatic rings. The van der Waals surface area contributed by atoms with Gasteiger partial charge in [-0.15, -0.1) is 0 Å². The van der Waals surface area contributed by atoms with E-state index in [1.54, 1.807) is 7.11 Å². The van der Waals surface area contributed by atoms with Crippen LogP contribution < -0.4 is 4.74 Å². The van der Waals surface area contributed by atoms with Crippen LogP contribution in [0.5, 0.6) is 5.75 Å². The SMILES string of the molecule is CCCC(OCC)C(O)c1cccc(OC)c1. The first-order valence-electron chi connectivity index (χ1n) is 6.16. The van der Waals surface area contributed by atoms with E-state index < -0.39 is 6.10 Å². The van der Waals surface area contributed by atoms with Crippen molar-refractivity contribution >= 4 is 0 Å². The largest absolute Gasteiger partial charge is 0.497 e. The molecule has 0 saturated heterocycles. The first-order valence-corrected chi connectivity index (χ1v) is 6.16. The Labute approximate surface area is 103 Å². The number of benzene rings is 1. The van der Waals surface area contributed by atoms with Gasteiger partial charge in [0.25, 0.3) is 0 Å². The maximum absolute atomic E-state index is 10.3. The van der Waals surface area contributed by atoms with Crippen molar-refractivity contribution in [2.24, 2.45) is 0 Å². The number of methoxy groups -OCH3 is 1. The summed E-state index contributed by atoms with van der Waals surface area (Å²) in [6, 6.07) is 7.50. The lowest BCUT2D eigenvalue weighted by Crippen LogP contribution is -2.22. The molecule has 1 N–H and O–H groups in total. The minimum absolute atomic E-state index is 0.142. The first kappa shape index (κ1) is 14.0. The molecule has 0 bridgehead atoms. The summed E-state index contributed by atoms with van der Waals surface area (Å²) in [7, 11) is 1.62. The molecule has 0 aliphatic heterocycles. The third kappa shape index (κ3) is 4.02. The number of ether oxygens (including phenoxy) is 2. The van der Waals surface area contributed by atoms with Gasteiger partial charge in [0.15, 0.2) is 0 Å². The van der Waals surface area contributed by atoms with E-state index in [2.05, 4.69) is 6.92 Å². The first-order chi connectivity index (χ1) is 8.22. The summed E-state index contributed by atoms with van der Waals surface area (Å²) in [4.78, 5) is 0. The highest BCUT2D eigenvalue weighted by atomic mass is 16.5. The van der Waals surface area contributed by atoms with Crippen LogP contribution in [0.15, 0.2) is 24.3 Å². The Morgan fingerprint density at radius 3 is 2.65 bits per heavy atom. The van der Waals surface area contributed by atoms with Gasteiger partial charge in [-0.2, -0.15) is 0 Å². The van der Waals surface area contributed by atoms with Gasteiger partial charge in [0.2, 0.25) is 0 Å². The highest BCUT2D eigenvalue weighted by Crippen LogP contribution is 2.25. The molecular weight excluding hydrogens is 216 g/mol. The monoisotopic (exact) mass is 238 g/mol. The molecule has 1 rings (SSSR count). The van der Waals surface area contributed by atoms with Gasteiger partial charge in [0.1, 0.15) is 11.9 Å². The standard InChI is InChI=1S/C14H22O3/c1-4-7-13(17-5-2)14(15)11-8-6-9-12(10-11)16-3/h6,8-10,13-15H,4-5,7H2,1-3H3. The fourth-order valence-corrected chi connectivity index (χ4v) is 1.87. The molecule has 3 nitrogen and oxygen atoms in total. The van der Waals surface area contributed by atoms with E-state index in [-0.39, 0.29) is 6.10 Å². The van der Waals surface area contributed by atoms with Crippen molar-refractivity contribution in [3.8, 4) is 5.75 Å². The van der Waals surface area contributed by atoms with E-state index in [0.717, 1.165) is 24.2 Å². The molecule has 2 atom stereocenters. The molecule has 0 fully saturated rings. The molecule has 0 saturated carbocycles. The van der Waals surface area contributed by atoms with Crippen molar-refractivity contribution in [1.82, 2.24) is 0 Å². The van der Waals surface area contributed by atoms with Crippen molar-refractivity contribution < 1.29 is 14.6 Å². The summed E-state index contributed by atoms with van der Waals surface area (Å²) < 4.78 is 10.7. The molecule has 0 heterocycles. The summed E-state index contributed by atoms with van der Waals surface area (Å²) in [5.74, 6) is 0.758. The fraction of sp³-hybridized carbons (Fsp3) is 0.571. The number of hydrogen-bond acceptors (Lipinski definition) is 3. The predicted molar refractivity (Wildman–Crippen MR) is 68.3 cm³/mol. The fourth-order valence-electron chi connectivity index (χ4n) is 1.87. The minimum Gasteiger partial charge on any atom is -0.497 e. The molecule has 0 radical (unpaired) electrons. The minimum atomic E-state index is -0.593. The van der Waals surface area contributed by atoms with Crippen LogP contribution in [0.3, 0.4) is 0 Å². The average Bonchev–Trinajstić information content (AvgIpc) is 2.38. The van der Waals surface area contributed by atoms with Gasteiger partial charge in [-0.3, -0.25) is 0 Å². The van der Waals surface area contributed by atoms with E-state index in [9.17, 15) is 5.11 Å². The Hall–Kier alpha value is -1.06. The van der Waals surface area contributed by atoms with Gasteiger partial charge >= 0.3 is 0 Å². The molecule has 1 aromatic carbocycles. The molecule has 1 aromatic rings. The van der Waals surface area contributed by atoms with Crippen LogP contribution >= 0.6 is 0 Å². The van der Waals surface area contributed by atoms with Gasteiger partial charge in [-0.1, -0.05) is 25.5 Å². The zero-order valence-electron chi connectivity index (χ0n) is 10.8. The van der Waals surface area contributed by atoms with Gasteiger partial charge in [0.05, 0.1) is 13.2 Å². The highest BCUT2D eigenvalue weighted by molar-refractivity contribution is 5.30. The number of aliphatic hydroxyl groups excluding tert-OH is 1. The highest BCUT2D eigenvalue weighted by Gasteiger charge is 2.20. The van der Waals surface area contributed by atoms with E-state index >= 15 is 0 Å². The molecule has 0 spiro atoms. The van der Waals surface area contributed by atoms with E-state index in [1.165, 1.54) is 0 Å². The lowest BCUT2D eigenvalue weighted by molar-refractivity contribution is -0.0385. The average molecular weight is 238 g/mol. The molecule has 0 aliphatic carbocycles. The Balaban J connectivity index is 2.79. The number of aliphatic hydroxyl groups is 1. The van der Waals surface area contributed by atoms with Crippen LogP contribution in [0.4, 0.5) is 0 Å². The number of hydrogen-bond donors (Lipinski definition) is 1. The summed E-state index contributed by atoms with van der Waals surface area (Å²) in [5.41, 5.74) is 0.844. The summed E-state index contributed by atoms with van der Waals surface area (Å²) in [6.45, 7) is 4.65. The Morgan fingerprint density at radius 2 is 2.06 bits per heavy atom. The smallest absolute Gasteiger partial charge is 0.119 e. The summed E-state index contributed by atoms with van der Waals surface area (Å²) in [6.07, 6.45) is 1.11. The van der Waals surface area contributed by atoms with Crippen molar-refractivity contribution in [2.45, 2.75) is 38.9 Å². The molecular formula is C14H22O3. The third-order valence-electron chi connectivity index (χ3n) is 2.74. The predicted octanol–water partition coefficient (Wildman–Crippen LogP) is 2.93. The Morgan fingerprint density at radius 1 is 1.29 bits per heavy atom.